The highest BCUT2D eigenvalue weighted by molar-refractivity contribution is 7.99. The molecule has 2 aromatic rings. The Hall–Kier alpha value is -1.69. The molecule has 0 aliphatic heterocycles. The highest BCUT2D eigenvalue weighted by Gasteiger charge is 2.28. The van der Waals surface area contributed by atoms with Gasteiger partial charge in [0.05, 0.1) is 5.75 Å². The summed E-state index contributed by atoms with van der Waals surface area (Å²) >= 11 is 13.6. The van der Waals surface area contributed by atoms with Crippen LogP contribution in [0.25, 0.3) is 0 Å². The maximum absolute atomic E-state index is 13.2. The van der Waals surface area contributed by atoms with Crippen LogP contribution in [-0.4, -0.2) is 34.6 Å². The molecule has 3 rings (SSSR count). The predicted molar refractivity (Wildman–Crippen MR) is 134 cm³/mol. The number of halogens is 2. The van der Waals surface area contributed by atoms with Gasteiger partial charge in [-0.1, -0.05) is 66.7 Å². The van der Waals surface area contributed by atoms with E-state index in [0.717, 1.165) is 36.8 Å². The fourth-order valence-electron chi connectivity index (χ4n) is 3.90. The van der Waals surface area contributed by atoms with Gasteiger partial charge in [-0.2, -0.15) is 0 Å². The Morgan fingerprint density at radius 1 is 1.03 bits per heavy atom. The fourth-order valence-corrected chi connectivity index (χ4v) is 5.11. The minimum atomic E-state index is -0.556. The second kappa shape index (κ2) is 12.5. The molecule has 1 saturated carbocycles. The topological polar surface area (TPSA) is 49.4 Å². The average molecular weight is 494 g/mol. The zero-order valence-electron chi connectivity index (χ0n) is 18.4. The lowest BCUT2D eigenvalue weighted by Gasteiger charge is -2.31. The summed E-state index contributed by atoms with van der Waals surface area (Å²) in [6, 6.07) is 14.7. The van der Waals surface area contributed by atoms with Crippen molar-refractivity contribution in [3.8, 4) is 0 Å². The zero-order chi connectivity index (χ0) is 22.9. The van der Waals surface area contributed by atoms with Crippen LogP contribution in [0.4, 0.5) is 0 Å². The molecule has 0 heterocycles. The van der Waals surface area contributed by atoms with Crippen molar-refractivity contribution in [1.82, 2.24) is 10.2 Å². The molecule has 2 amide bonds. The maximum atomic E-state index is 13.2. The molecule has 0 aromatic heterocycles. The summed E-state index contributed by atoms with van der Waals surface area (Å²) in [6.07, 6.45) is 5.54. The van der Waals surface area contributed by atoms with Crippen molar-refractivity contribution >= 4 is 46.8 Å². The molecule has 1 atom stereocenters. The first-order valence-electron chi connectivity index (χ1n) is 11.1. The Balaban J connectivity index is 1.64. The summed E-state index contributed by atoms with van der Waals surface area (Å²) in [7, 11) is 0. The van der Waals surface area contributed by atoms with Gasteiger partial charge in [-0.3, -0.25) is 9.59 Å². The Morgan fingerprint density at radius 2 is 1.75 bits per heavy atom. The van der Waals surface area contributed by atoms with E-state index in [1.807, 2.05) is 49.4 Å². The smallest absolute Gasteiger partial charge is 0.242 e. The first kappa shape index (κ1) is 24.9. The maximum Gasteiger partial charge on any atom is 0.242 e. The van der Waals surface area contributed by atoms with E-state index in [2.05, 4.69) is 5.32 Å². The highest BCUT2D eigenvalue weighted by Crippen LogP contribution is 2.20. The number of carbonyl (C=O) groups excluding carboxylic acids is 2. The summed E-state index contributed by atoms with van der Waals surface area (Å²) in [6.45, 7) is 2.16. The number of amides is 2. The Labute approximate surface area is 205 Å². The minimum Gasteiger partial charge on any atom is -0.352 e. The van der Waals surface area contributed by atoms with Gasteiger partial charge in [0.15, 0.2) is 0 Å². The summed E-state index contributed by atoms with van der Waals surface area (Å²) in [5.41, 5.74) is 2.02. The number of hydrogen-bond acceptors (Lipinski definition) is 3. The van der Waals surface area contributed by atoms with E-state index in [9.17, 15) is 9.59 Å². The van der Waals surface area contributed by atoms with Gasteiger partial charge in [0.25, 0.3) is 0 Å². The number of nitrogens with one attached hydrogen (secondary N) is 1. The van der Waals surface area contributed by atoms with Crippen LogP contribution >= 0.6 is 35.0 Å². The number of hydrogen-bond donors (Lipinski definition) is 1. The van der Waals surface area contributed by atoms with Crippen LogP contribution in [0.5, 0.6) is 0 Å². The average Bonchev–Trinajstić information content (AvgIpc) is 2.79. The molecule has 0 bridgehead atoms. The number of benzene rings is 2. The van der Waals surface area contributed by atoms with Crippen LogP contribution in [-0.2, 0) is 21.9 Å². The molecule has 1 N–H and O–H groups in total. The van der Waals surface area contributed by atoms with Gasteiger partial charge in [0, 0.05) is 28.4 Å². The number of nitrogens with zero attached hydrogens (tertiary/aromatic N) is 1. The quantitative estimate of drug-likeness (QED) is 0.460. The molecule has 32 heavy (non-hydrogen) atoms. The van der Waals surface area contributed by atoms with E-state index in [1.165, 1.54) is 18.2 Å². The molecular formula is C25H30Cl2N2O2S. The van der Waals surface area contributed by atoms with Crippen molar-refractivity contribution in [3.05, 3.63) is 69.7 Å². The molecule has 2 aromatic carbocycles. The lowest BCUT2D eigenvalue weighted by molar-refractivity contribution is -0.139. The van der Waals surface area contributed by atoms with Crippen LogP contribution < -0.4 is 5.32 Å². The zero-order valence-corrected chi connectivity index (χ0v) is 20.7. The second-order valence-electron chi connectivity index (χ2n) is 8.29. The molecule has 1 unspecified atom stereocenters. The van der Waals surface area contributed by atoms with Crippen molar-refractivity contribution in [3.63, 3.8) is 0 Å². The SMILES string of the molecule is CC(C(=O)NC1CCCCC1)N(Cc1cccc(Cl)c1)C(=O)CSCc1ccc(Cl)cc1. The monoisotopic (exact) mass is 492 g/mol. The molecule has 4 nitrogen and oxygen atoms in total. The van der Waals surface area contributed by atoms with Gasteiger partial charge in [-0.05, 0) is 55.2 Å². The second-order valence-corrected chi connectivity index (χ2v) is 10.1. The molecule has 0 radical (unpaired) electrons. The van der Waals surface area contributed by atoms with Gasteiger partial charge in [-0.25, -0.2) is 0 Å². The Morgan fingerprint density at radius 3 is 2.44 bits per heavy atom. The summed E-state index contributed by atoms with van der Waals surface area (Å²) in [5.74, 6) is 0.853. The lowest BCUT2D eigenvalue weighted by atomic mass is 9.95. The summed E-state index contributed by atoms with van der Waals surface area (Å²) in [5, 5.41) is 4.47. The minimum absolute atomic E-state index is 0.0600. The molecule has 1 aliphatic rings. The van der Waals surface area contributed by atoms with Crippen LogP contribution in [0.3, 0.4) is 0 Å². The van der Waals surface area contributed by atoms with Crippen LogP contribution in [0.1, 0.15) is 50.2 Å². The Kier molecular flexibility index (Phi) is 9.76. The van der Waals surface area contributed by atoms with Crippen LogP contribution in [0, 0.1) is 0 Å². The first-order valence-corrected chi connectivity index (χ1v) is 13.0. The molecular weight excluding hydrogens is 463 g/mol. The molecule has 1 aliphatic carbocycles. The summed E-state index contributed by atoms with van der Waals surface area (Å²) < 4.78 is 0. The Bertz CT molecular complexity index is 901. The molecule has 0 saturated heterocycles. The molecule has 0 spiro atoms. The fraction of sp³-hybridized carbons (Fsp3) is 0.440. The third kappa shape index (κ3) is 7.72. The highest BCUT2D eigenvalue weighted by atomic mass is 35.5. The summed E-state index contributed by atoms with van der Waals surface area (Å²) in [4.78, 5) is 27.8. The predicted octanol–water partition coefficient (Wildman–Crippen LogP) is 6.09. The van der Waals surface area contributed by atoms with E-state index >= 15 is 0 Å². The largest absolute Gasteiger partial charge is 0.352 e. The van der Waals surface area contributed by atoms with E-state index in [0.29, 0.717) is 28.1 Å². The van der Waals surface area contributed by atoms with Crippen molar-refractivity contribution in [2.75, 3.05) is 5.75 Å². The molecule has 7 heteroatoms. The van der Waals surface area contributed by atoms with Gasteiger partial charge in [0.1, 0.15) is 6.04 Å². The molecule has 1 fully saturated rings. The normalized spacial score (nSPS) is 15.2. The van der Waals surface area contributed by atoms with Crippen molar-refractivity contribution in [2.45, 2.75) is 63.4 Å². The van der Waals surface area contributed by atoms with Crippen molar-refractivity contribution in [1.29, 1.82) is 0 Å². The lowest BCUT2D eigenvalue weighted by Crippen LogP contribution is -2.50. The van der Waals surface area contributed by atoms with Gasteiger partial charge >= 0.3 is 0 Å². The number of rotatable bonds is 9. The molecule has 172 valence electrons. The van der Waals surface area contributed by atoms with Gasteiger partial charge in [0.2, 0.25) is 11.8 Å². The third-order valence-corrected chi connectivity index (χ3v) is 7.24. The van der Waals surface area contributed by atoms with Crippen LogP contribution in [0.15, 0.2) is 48.5 Å². The van der Waals surface area contributed by atoms with E-state index in [1.54, 1.807) is 11.0 Å². The van der Waals surface area contributed by atoms with E-state index < -0.39 is 6.04 Å². The van der Waals surface area contributed by atoms with Crippen molar-refractivity contribution in [2.24, 2.45) is 0 Å². The standard InChI is InChI=1S/C25H30Cl2N2O2S/c1-18(25(31)28-23-8-3-2-4-9-23)29(15-20-6-5-7-22(27)14-20)24(30)17-32-16-19-10-12-21(26)13-11-19/h5-7,10-14,18,23H,2-4,8-9,15-17H2,1H3,(H,28,31). The van der Waals surface area contributed by atoms with E-state index in [-0.39, 0.29) is 17.9 Å². The number of thioether (sulfide) groups is 1. The van der Waals surface area contributed by atoms with Gasteiger partial charge < -0.3 is 10.2 Å². The first-order chi connectivity index (χ1) is 15.4. The van der Waals surface area contributed by atoms with E-state index in [4.69, 9.17) is 23.2 Å². The third-order valence-electron chi connectivity index (χ3n) is 5.77. The van der Waals surface area contributed by atoms with Gasteiger partial charge in [-0.15, -0.1) is 11.8 Å². The van der Waals surface area contributed by atoms with Crippen LogP contribution in [0.2, 0.25) is 10.0 Å². The van der Waals surface area contributed by atoms with Crippen molar-refractivity contribution < 1.29 is 9.59 Å². The number of carbonyl (C=O) groups is 2.